The molecule has 0 atom stereocenters. The van der Waals surface area contributed by atoms with Gasteiger partial charge in [0.15, 0.2) is 0 Å². The fourth-order valence-electron chi connectivity index (χ4n) is 3.67. The van der Waals surface area contributed by atoms with E-state index in [4.69, 9.17) is 16.6 Å². The van der Waals surface area contributed by atoms with Crippen LogP contribution in [0, 0.1) is 6.92 Å². The smallest absolute Gasteiger partial charge is 0.272 e. The Bertz CT molecular complexity index is 946. The molecule has 0 saturated carbocycles. The number of hydrogen-bond donors (Lipinski definition) is 1. The van der Waals surface area contributed by atoms with Gasteiger partial charge in [0.05, 0.1) is 0 Å². The predicted molar refractivity (Wildman–Crippen MR) is 105 cm³/mol. The summed E-state index contributed by atoms with van der Waals surface area (Å²) >= 11 is 6.04. The van der Waals surface area contributed by atoms with Crippen molar-refractivity contribution in [2.45, 2.75) is 25.4 Å². The lowest BCUT2D eigenvalue weighted by Crippen LogP contribution is -2.52. The molecule has 1 spiro atoms. The number of amides is 2. The van der Waals surface area contributed by atoms with Crippen molar-refractivity contribution in [2.24, 2.45) is 4.99 Å². The number of likely N-dealkylation sites (tertiary alicyclic amines) is 1. The molecule has 0 bridgehead atoms. The first kappa shape index (κ1) is 17.7. The van der Waals surface area contributed by atoms with E-state index in [9.17, 15) is 9.59 Å². The lowest BCUT2D eigenvalue weighted by atomic mass is 9.97. The van der Waals surface area contributed by atoms with E-state index < -0.39 is 5.66 Å². The number of aliphatic imine (C=N–C) groups is 1. The van der Waals surface area contributed by atoms with Gasteiger partial charge in [0.2, 0.25) is 0 Å². The number of halogens is 1. The number of rotatable bonds is 2. The highest BCUT2D eigenvalue weighted by molar-refractivity contribution is 6.47. The zero-order valence-electron chi connectivity index (χ0n) is 15.0. The van der Waals surface area contributed by atoms with Gasteiger partial charge in [-0.15, -0.1) is 0 Å². The van der Waals surface area contributed by atoms with Crippen LogP contribution in [0.15, 0.2) is 53.5 Å². The van der Waals surface area contributed by atoms with Crippen molar-refractivity contribution < 1.29 is 9.59 Å². The maximum atomic E-state index is 12.7. The molecule has 2 aliphatic heterocycles. The molecule has 0 aromatic heterocycles. The Kier molecular flexibility index (Phi) is 4.48. The van der Waals surface area contributed by atoms with Crippen LogP contribution in [0.4, 0.5) is 0 Å². The van der Waals surface area contributed by atoms with E-state index >= 15 is 0 Å². The number of carbonyl (C=O) groups is 2. The number of piperidine rings is 1. The third-order valence-corrected chi connectivity index (χ3v) is 5.36. The van der Waals surface area contributed by atoms with Gasteiger partial charge in [-0.2, -0.15) is 0 Å². The molecule has 138 valence electrons. The molecule has 2 amide bonds. The van der Waals surface area contributed by atoms with Gasteiger partial charge < -0.3 is 10.2 Å². The molecule has 1 saturated heterocycles. The van der Waals surface area contributed by atoms with E-state index in [-0.39, 0.29) is 11.8 Å². The van der Waals surface area contributed by atoms with Gasteiger partial charge >= 0.3 is 0 Å². The summed E-state index contributed by atoms with van der Waals surface area (Å²) in [7, 11) is 0. The molecule has 1 fully saturated rings. The number of nitrogens with zero attached hydrogens (tertiary/aromatic N) is 2. The van der Waals surface area contributed by atoms with E-state index in [1.54, 1.807) is 12.1 Å². The molecule has 6 heteroatoms. The average molecular weight is 382 g/mol. The van der Waals surface area contributed by atoms with Gasteiger partial charge in [0.1, 0.15) is 11.4 Å². The minimum Gasteiger partial charge on any atom is -0.338 e. The van der Waals surface area contributed by atoms with E-state index in [1.165, 1.54) is 0 Å². The van der Waals surface area contributed by atoms with E-state index in [1.807, 2.05) is 48.2 Å². The molecule has 0 unspecified atom stereocenters. The summed E-state index contributed by atoms with van der Waals surface area (Å²) in [6, 6.07) is 14.8. The monoisotopic (exact) mass is 381 g/mol. The van der Waals surface area contributed by atoms with Crippen LogP contribution in [-0.4, -0.2) is 41.2 Å². The minimum absolute atomic E-state index is 0.0249. The standard InChI is InChI=1S/C21H20ClN3O2/c1-14-4-2-6-16(12-14)20(27)25-10-8-21(9-11-25)23-18(19(26)24-21)15-5-3-7-17(22)13-15/h2-7,12-13H,8-11H2,1H3,(H,24,26). The summed E-state index contributed by atoms with van der Waals surface area (Å²) in [6.07, 6.45) is 1.20. The van der Waals surface area contributed by atoms with E-state index in [0.717, 1.165) is 11.1 Å². The second-order valence-electron chi connectivity index (χ2n) is 7.12. The Morgan fingerprint density at radius 1 is 1.15 bits per heavy atom. The maximum Gasteiger partial charge on any atom is 0.272 e. The van der Waals surface area contributed by atoms with E-state index in [2.05, 4.69) is 5.32 Å². The summed E-state index contributed by atoms with van der Waals surface area (Å²) < 4.78 is 0. The topological polar surface area (TPSA) is 61.8 Å². The van der Waals surface area contributed by atoms with Gasteiger partial charge in [0.25, 0.3) is 11.8 Å². The summed E-state index contributed by atoms with van der Waals surface area (Å²) in [5.74, 6) is -0.160. The van der Waals surface area contributed by atoms with Crippen LogP contribution >= 0.6 is 11.6 Å². The number of nitrogens with one attached hydrogen (secondary N) is 1. The number of carbonyl (C=O) groups excluding carboxylic acids is 2. The second kappa shape index (κ2) is 6.82. The van der Waals surface area contributed by atoms with Crippen molar-refractivity contribution in [1.29, 1.82) is 0 Å². The van der Waals surface area contributed by atoms with Crippen molar-refractivity contribution in [3.63, 3.8) is 0 Å². The van der Waals surface area contributed by atoms with Crippen LogP contribution in [0.3, 0.4) is 0 Å². The van der Waals surface area contributed by atoms with Crippen molar-refractivity contribution in [2.75, 3.05) is 13.1 Å². The molecular formula is C21H20ClN3O2. The van der Waals surface area contributed by atoms with Crippen LogP contribution in [0.25, 0.3) is 0 Å². The highest BCUT2D eigenvalue weighted by atomic mass is 35.5. The lowest BCUT2D eigenvalue weighted by molar-refractivity contribution is -0.115. The van der Waals surface area contributed by atoms with Gasteiger partial charge in [-0.25, -0.2) is 0 Å². The van der Waals surface area contributed by atoms with Gasteiger partial charge in [-0.3, -0.25) is 14.6 Å². The first-order valence-electron chi connectivity index (χ1n) is 9.00. The van der Waals surface area contributed by atoms with Crippen molar-refractivity contribution in [1.82, 2.24) is 10.2 Å². The van der Waals surface area contributed by atoms with Crippen LogP contribution in [-0.2, 0) is 4.79 Å². The van der Waals surface area contributed by atoms with Crippen molar-refractivity contribution in [3.8, 4) is 0 Å². The largest absolute Gasteiger partial charge is 0.338 e. The molecule has 2 aromatic rings. The van der Waals surface area contributed by atoms with Crippen LogP contribution < -0.4 is 5.32 Å². The zero-order chi connectivity index (χ0) is 19.0. The molecule has 0 aliphatic carbocycles. The van der Waals surface area contributed by atoms with Crippen molar-refractivity contribution in [3.05, 3.63) is 70.2 Å². The predicted octanol–water partition coefficient (Wildman–Crippen LogP) is 3.20. The average Bonchev–Trinajstić information content (AvgIpc) is 2.98. The molecule has 27 heavy (non-hydrogen) atoms. The van der Waals surface area contributed by atoms with E-state index in [0.29, 0.717) is 42.2 Å². The number of hydrogen-bond acceptors (Lipinski definition) is 3. The summed E-state index contributed by atoms with van der Waals surface area (Å²) in [5, 5.41) is 3.59. The Morgan fingerprint density at radius 3 is 2.59 bits per heavy atom. The zero-order valence-corrected chi connectivity index (χ0v) is 15.8. The third-order valence-electron chi connectivity index (χ3n) is 5.13. The summed E-state index contributed by atoms with van der Waals surface area (Å²) in [4.78, 5) is 31.7. The second-order valence-corrected chi connectivity index (χ2v) is 7.55. The third kappa shape index (κ3) is 3.47. The lowest BCUT2D eigenvalue weighted by Gasteiger charge is -2.37. The van der Waals surface area contributed by atoms with Crippen LogP contribution in [0.2, 0.25) is 5.02 Å². The SMILES string of the molecule is Cc1cccc(C(=O)N2CCC3(CC2)N=C(c2cccc(Cl)c2)C(=O)N3)c1. The summed E-state index contributed by atoms with van der Waals surface area (Å²) in [6.45, 7) is 3.08. The highest BCUT2D eigenvalue weighted by Crippen LogP contribution is 2.30. The maximum absolute atomic E-state index is 12.7. The van der Waals surface area contributed by atoms with Crippen LogP contribution in [0.1, 0.15) is 34.3 Å². The van der Waals surface area contributed by atoms with Gasteiger partial charge in [-0.1, -0.05) is 41.4 Å². The molecular weight excluding hydrogens is 362 g/mol. The fraction of sp³-hybridized carbons (Fsp3) is 0.286. The molecule has 0 radical (unpaired) electrons. The normalized spacial score (nSPS) is 18.4. The van der Waals surface area contributed by atoms with Gasteiger partial charge in [0, 0.05) is 42.1 Å². The first-order chi connectivity index (χ1) is 13.0. The quantitative estimate of drug-likeness (QED) is 0.868. The minimum atomic E-state index is -0.627. The van der Waals surface area contributed by atoms with Crippen molar-refractivity contribution >= 4 is 29.1 Å². The van der Waals surface area contributed by atoms with Crippen LogP contribution in [0.5, 0.6) is 0 Å². The molecule has 2 aromatic carbocycles. The van der Waals surface area contributed by atoms with Gasteiger partial charge in [-0.05, 0) is 31.2 Å². The Hall–Kier alpha value is -2.66. The fourth-order valence-corrected chi connectivity index (χ4v) is 3.86. The number of benzene rings is 2. The molecule has 1 N–H and O–H groups in total. The molecule has 4 rings (SSSR count). The summed E-state index contributed by atoms with van der Waals surface area (Å²) in [5.41, 5.74) is 2.27. The molecule has 5 nitrogen and oxygen atoms in total. The first-order valence-corrected chi connectivity index (χ1v) is 9.38. The molecule has 2 heterocycles. The molecule has 2 aliphatic rings. The Balaban J connectivity index is 1.50. The highest BCUT2D eigenvalue weighted by Gasteiger charge is 2.42. The Morgan fingerprint density at radius 2 is 1.89 bits per heavy atom. The number of aryl methyl sites for hydroxylation is 1. The Labute approximate surface area is 163 Å².